The Hall–Kier alpha value is -3.68. The molecular weight excluding hydrogens is 482 g/mol. The second kappa shape index (κ2) is 9.52. The van der Waals surface area contributed by atoms with E-state index in [1.54, 1.807) is 6.07 Å². The van der Waals surface area contributed by atoms with Gasteiger partial charge in [0.1, 0.15) is 17.3 Å². The fourth-order valence-electron chi connectivity index (χ4n) is 3.90. The predicted molar refractivity (Wildman–Crippen MR) is 140 cm³/mol. The molecule has 6 nitrogen and oxygen atoms in total. The second-order valence-electron chi connectivity index (χ2n) is 8.34. The van der Waals surface area contributed by atoms with Crippen molar-refractivity contribution >= 4 is 46.1 Å². The molecule has 0 saturated carbocycles. The molecule has 0 unspecified atom stereocenters. The molecule has 4 aromatic rings. The Kier molecular flexibility index (Phi) is 6.28. The number of nitrogens with zero attached hydrogens (tertiary/aromatic N) is 2. The Morgan fingerprint density at radius 2 is 1.97 bits per heavy atom. The van der Waals surface area contributed by atoms with Gasteiger partial charge < -0.3 is 10.1 Å². The minimum Gasteiger partial charge on any atom is -0.482 e. The van der Waals surface area contributed by atoms with Crippen LogP contribution in [0.2, 0.25) is 5.02 Å². The lowest BCUT2D eigenvalue weighted by Crippen LogP contribution is -2.43. The van der Waals surface area contributed by atoms with Crippen LogP contribution in [-0.2, 0) is 9.59 Å². The lowest BCUT2D eigenvalue weighted by atomic mass is 10.1. The minimum absolute atomic E-state index is 0.115. The summed E-state index contributed by atoms with van der Waals surface area (Å²) in [6, 6.07) is 19.0. The van der Waals surface area contributed by atoms with E-state index in [4.69, 9.17) is 21.3 Å². The normalized spacial score (nSPS) is 12.8. The largest absolute Gasteiger partial charge is 0.482 e. The molecule has 3 aromatic carbocycles. The number of fused-ring (bicyclic) bond motifs is 1. The number of aryl methyl sites for hydroxylation is 2. The summed E-state index contributed by atoms with van der Waals surface area (Å²) in [6.07, 6.45) is 0. The van der Waals surface area contributed by atoms with E-state index in [2.05, 4.69) is 5.32 Å². The maximum atomic E-state index is 12.9. The summed E-state index contributed by atoms with van der Waals surface area (Å²) >= 11 is 7.83. The van der Waals surface area contributed by atoms with Crippen LogP contribution in [0, 0.1) is 13.8 Å². The number of amides is 2. The lowest BCUT2D eigenvalue weighted by Gasteiger charge is -2.29. The smallest absolute Gasteiger partial charge is 0.265 e. The van der Waals surface area contributed by atoms with Gasteiger partial charge >= 0.3 is 0 Å². The maximum Gasteiger partial charge on any atom is 0.265 e. The molecule has 0 radical (unpaired) electrons. The van der Waals surface area contributed by atoms with E-state index in [0.29, 0.717) is 16.5 Å². The molecule has 0 saturated heterocycles. The highest BCUT2D eigenvalue weighted by Crippen LogP contribution is 2.38. The molecule has 2 amide bonds. The molecule has 1 aliphatic rings. The number of aromatic nitrogens is 1. The van der Waals surface area contributed by atoms with Crippen molar-refractivity contribution in [3.05, 3.63) is 82.2 Å². The third-order valence-electron chi connectivity index (χ3n) is 5.78. The van der Waals surface area contributed by atoms with E-state index in [-0.39, 0.29) is 25.0 Å². The molecule has 2 heterocycles. The van der Waals surface area contributed by atoms with Gasteiger partial charge in [-0.15, -0.1) is 11.3 Å². The van der Waals surface area contributed by atoms with Gasteiger partial charge in [0.25, 0.3) is 5.91 Å². The second-order valence-corrected chi connectivity index (χ2v) is 9.60. The van der Waals surface area contributed by atoms with Gasteiger partial charge in [0, 0.05) is 22.2 Å². The molecule has 0 aliphatic carbocycles. The van der Waals surface area contributed by atoms with Gasteiger partial charge in [-0.25, -0.2) is 4.98 Å². The molecule has 0 fully saturated rings. The first-order valence-corrected chi connectivity index (χ1v) is 12.3. The monoisotopic (exact) mass is 503 g/mol. The standard InChI is InChI=1S/C27H22ClN3O3S/c1-16-7-8-17(2)21(11-16)29-25(32)13-31-23-12-18(9-10-24(23)34-14-26(31)33)22-15-35-27(30-22)19-5-3-4-6-20(19)28/h3-12,15H,13-14H2,1-2H3,(H,29,32). The number of thiazole rings is 1. The lowest BCUT2D eigenvalue weighted by molar-refractivity contribution is -0.123. The highest BCUT2D eigenvalue weighted by Gasteiger charge is 2.28. The molecule has 35 heavy (non-hydrogen) atoms. The number of carbonyl (C=O) groups is 2. The van der Waals surface area contributed by atoms with Gasteiger partial charge in [-0.1, -0.05) is 41.9 Å². The summed E-state index contributed by atoms with van der Waals surface area (Å²) in [5.41, 5.74) is 5.72. The molecule has 176 valence electrons. The van der Waals surface area contributed by atoms with Crippen molar-refractivity contribution in [1.82, 2.24) is 4.98 Å². The third-order valence-corrected chi connectivity index (χ3v) is 6.98. The molecule has 0 spiro atoms. The Bertz CT molecular complexity index is 1450. The summed E-state index contributed by atoms with van der Waals surface area (Å²) in [5, 5.41) is 6.32. The van der Waals surface area contributed by atoms with Gasteiger partial charge in [-0.2, -0.15) is 0 Å². The summed E-state index contributed by atoms with van der Waals surface area (Å²) in [6.45, 7) is 3.67. The highest BCUT2D eigenvalue weighted by atomic mass is 35.5. The number of benzene rings is 3. The van der Waals surface area contributed by atoms with Crippen LogP contribution in [0.25, 0.3) is 21.8 Å². The Balaban J connectivity index is 1.42. The molecule has 8 heteroatoms. The van der Waals surface area contributed by atoms with E-state index in [9.17, 15) is 9.59 Å². The molecule has 0 atom stereocenters. The van der Waals surface area contributed by atoms with Crippen LogP contribution in [-0.4, -0.2) is 29.9 Å². The molecule has 1 N–H and O–H groups in total. The Labute approximate surface area is 212 Å². The van der Waals surface area contributed by atoms with Gasteiger partial charge in [0.2, 0.25) is 5.91 Å². The Morgan fingerprint density at radius 1 is 1.14 bits per heavy atom. The Morgan fingerprint density at radius 3 is 2.80 bits per heavy atom. The zero-order valence-electron chi connectivity index (χ0n) is 19.2. The van der Waals surface area contributed by atoms with Gasteiger partial charge in [-0.05, 0) is 55.3 Å². The first kappa shape index (κ1) is 23.1. The van der Waals surface area contributed by atoms with E-state index in [1.165, 1.54) is 16.2 Å². The van der Waals surface area contributed by atoms with E-state index < -0.39 is 0 Å². The first-order valence-electron chi connectivity index (χ1n) is 11.0. The van der Waals surface area contributed by atoms with Crippen molar-refractivity contribution < 1.29 is 14.3 Å². The predicted octanol–water partition coefficient (Wildman–Crippen LogP) is 6.11. The average molecular weight is 504 g/mol. The molecular formula is C27H22ClN3O3S. The van der Waals surface area contributed by atoms with Crippen molar-refractivity contribution in [2.75, 3.05) is 23.4 Å². The minimum atomic E-state index is -0.278. The number of ether oxygens (including phenoxy) is 1. The van der Waals surface area contributed by atoms with Crippen molar-refractivity contribution in [2.24, 2.45) is 0 Å². The van der Waals surface area contributed by atoms with Crippen molar-refractivity contribution in [3.8, 4) is 27.6 Å². The average Bonchev–Trinajstić information content (AvgIpc) is 3.33. The van der Waals surface area contributed by atoms with Crippen LogP contribution in [0.1, 0.15) is 11.1 Å². The summed E-state index contributed by atoms with van der Waals surface area (Å²) in [4.78, 5) is 31.8. The number of halogens is 1. The zero-order chi connectivity index (χ0) is 24.5. The molecule has 0 bridgehead atoms. The first-order chi connectivity index (χ1) is 16.9. The van der Waals surface area contributed by atoms with Gasteiger partial charge in [-0.3, -0.25) is 14.5 Å². The van der Waals surface area contributed by atoms with Crippen LogP contribution >= 0.6 is 22.9 Å². The fraction of sp³-hybridized carbons (Fsp3) is 0.148. The topological polar surface area (TPSA) is 71.5 Å². The number of hydrogen-bond donors (Lipinski definition) is 1. The number of rotatable bonds is 5. The summed E-state index contributed by atoms with van der Waals surface area (Å²) in [7, 11) is 0. The van der Waals surface area contributed by atoms with Crippen LogP contribution < -0.4 is 15.0 Å². The van der Waals surface area contributed by atoms with Crippen LogP contribution in [0.5, 0.6) is 5.75 Å². The molecule has 1 aromatic heterocycles. The molecule has 1 aliphatic heterocycles. The highest BCUT2D eigenvalue weighted by molar-refractivity contribution is 7.13. The van der Waals surface area contributed by atoms with Gasteiger partial charge in [0.15, 0.2) is 6.61 Å². The number of hydrogen-bond acceptors (Lipinski definition) is 5. The van der Waals surface area contributed by atoms with Crippen LogP contribution in [0.15, 0.2) is 66.0 Å². The SMILES string of the molecule is Cc1ccc(C)c(NC(=O)CN2C(=O)COc3ccc(-c4csc(-c5ccccc5Cl)n4)cc32)c1. The van der Waals surface area contributed by atoms with E-state index >= 15 is 0 Å². The van der Waals surface area contributed by atoms with Crippen LogP contribution in [0.3, 0.4) is 0 Å². The fourth-order valence-corrected chi connectivity index (χ4v) is 5.05. The summed E-state index contributed by atoms with van der Waals surface area (Å²) < 4.78 is 5.62. The van der Waals surface area contributed by atoms with Crippen molar-refractivity contribution in [1.29, 1.82) is 0 Å². The number of nitrogens with one attached hydrogen (secondary N) is 1. The quantitative estimate of drug-likeness (QED) is 0.356. The zero-order valence-corrected chi connectivity index (χ0v) is 20.7. The summed E-state index contributed by atoms with van der Waals surface area (Å²) in [5.74, 6) is -0.00444. The van der Waals surface area contributed by atoms with Crippen molar-refractivity contribution in [2.45, 2.75) is 13.8 Å². The number of anilines is 2. The van der Waals surface area contributed by atoms with E-state index in [0.717, 1.165) is 38.6 Å². The van der Waals surface area contributed by atoms with Gasteiger partial charge in [0.05, 0.1) is 16.4 Å². The third kappa shape index (κ3) is 4.78. The molecule has 5 rings (SSSR count). The van der Waals surface area contributed by atoms with E-state index in [1.807, 2.05) is 73.8 Å². The maximum absolute atomic E-state index is 12.9. The number of carbonyl (C=O) groups excluding carboxylic acids is 2. The van der Waals surface area contributed by atoms with Crippen molar-refractivity contribution in [3.63, 3.8) is 0 Å². The van der Waals surface area contributed by atoms with Crippen LogP contribution in [0.4, 0.5) is 11.4 Å².